The van der Waals surface area contributed by atoms with Crippen molar-refractivity contribution in [2.75, 3.05) is 19.6 Å². The molecule has 0 aliphatic carbocycles. The fourth-order valence-corrected chi connectivity index (χ4v) is 2.61. The van der Waals surface area contributed by atoms with Gasteiger partial charge >= 0.3 is 6.61 Å². The number of para-hydroxylation sites is 1. The minimum Gasteiger partial charge on any atom is -0.435 e. The molecule has 4 nitrogen and oxygen atoms in total. The van der Waals surface area contributed by atoms with Crippen LogP contribution in [0.1, 0.15) is 31.2 Å². The molecule has 0 amide bonds. The van der Waals surface area contributed by atoms with Crippen molar-refractivity contribution in [3.8, 4) is 5.75 Å². The summed E-state index contributed by atoms with van der Waals surface area (Å²) in [5.74, 6) is 0.759. The average molecular weight is 439 g/mol. The SMILES string of the molecule is I.NC(=NCCc1ccccc1OC(F)F)N1CCCCCC1. The molecule has 1 aliphatic rings. The van der Waals surface area contributed by atoms with Crippen molar-refractivity contribution in [2.24, 2.45) is 10.7 Å². The summed E-state index contributed by atoms with van der Waals surface area (Å²) < 4.78 is 29.2. The summed E-state index contributed by atoms with van der Waals surface area (Å²) in [5, 5.41) is 0. The van der Waals surface area contributed by atoms with Crippen LogP contribution in [0, 0.1) is 0 Å². The third-order valence-corrected chi connectivity index (χ3v) is 3.77. The highest BCUT2D eigenvalue weighted by molar-refractivity contribution is 14.0. The number of halogens is 3. The van der Waals surface area contributed by atoms with Gasteiger partial charge in [0.25, 0.3) is 0 Å². The number of hydrogen-bond donors (Lipinski definition) is 1. The lowest BCUT2D eigenvalue weighted by atomic mass is 10.1. The summed E-state index contributed by atoms with van der Waals surface area (Å²) in [5.41, 5.74) is 6.74. The Labute approximate surface area is 153 Å². The van der Waals surface area contributed by atoms with Crippen molar-refractivity contribution in [1.29, 1.82) is 0 Å². The Balaban J connectivity index is 0.00000264. The first-order chi connectivity index (χ1) is 10.7. The molecule has 0 spiro atoms. The van der Waals surface area contributed by atoms with Crippen molar-refractivity contribution < 1.29 is 13.5 Å². The number of hydrogen-bond acceptors (Lipinski definition) is 2. The summed E-state index contributed by atoms with van der Waals surface area (Å²) in [6, 6.07) is 6.80. The molecule has 2 N–H and O–H groups in total. The quantitative estimate of drug-likeness (QED) is 0.433. The molecule has 0 bridgehead atoms. The number of ether oxygens (including phenoxy) is 1. The molecule has 130 valence electrons. The highest BCUT2D eigenvalue weighted by Crippen LogP contribution is 2.20. The van der Waals surface area contributed by atoms with Crippen molar-refractivity contribution in [1.82, 2.24) is 4.90 Å². The van der Waals surface area contributed by atoms with E-state index in [2.05, 4.69) is 14.6 Å². The number of likely N-dealkylation sites (tertiary alicyclic amines) is 1. The molecule has 7 heteroatoms. The predicted molar refractivity (Wildman–Crippen MR) is 98.7 cm³/mol. The molecule has 0 radical (unpaired) electrons. The van der Waals surface area contributed by atoms with Gasteiger partial charge in [0.15, 0.2) is 5.96 Å². The predicted octanol–water partition coefficient (Wildman–Crippen LogP) is 3.64. The first kappa shape index (κ1) is 19.9. The second-order valence-electron chi connectivity index (χ2n) is 5.38. The normalized spacial score (nSPS) is 16.0. The maximum atomic E-state index is 12.4. The molecule has 1 heterocycles. The molecule has 1 aromatic carbocycles. The third-order valence-electron chi connectivity index (χ3n) is 3.77. The average Bonchev–Trinajstić information content (AvgIpc) is 2.77. The number of rotatable bonds is 5. The van der Waals surface area contributed by atoms with E-state index in [0.717, 1.165) is 31.5 Å². The molecule has 0 aromatic heterocycles. The zero-order valence-electron chi connectivity index (χ0n) is 13.1. The summed E-state index contributed by atoms with van der Waals surface area (Å²) >= 11 is 0. The number of alkyl halides is 2. The van der Waals surface area contributed by atoms with E-state index in [1.54, 1.807) is 24.3 Å². The number of nitrogens with two attached hydrogens (primary N) is 1. The second-order valence-corrected chi connectivity index (χ2v) is 5.38. The summed E-state index contributed by atoms with van der Waals surface area (Å²) in [6.07, 6.45) is 5.28. The third kappa shape index (κ3) is 6.88. The van der Waals surface area contributed by atoms with Crippen LogP contribution in [-0.2, 0) is 6.42 Å². The van der Waals surface area contributed by atoms with Gasteiger partial charge in [0.1, 0.15) is 5.75 Å². The first-order valence-electron chi connectivity index (χ1n) is 7.74. The smallest absolute Gasteiger partial charge is 0.387 e. The van der Waals surface area contributed by atoms with Crippen LogP contribution >= 0.6 is 24.0 Å². The van der Waals surface area contributed by atoms with Gasteiger partial charge in [-0.15, -0.1) is 24.0 Å². The maximum absolute atomic E-state index is 12.4. The Morgan fingerprint density at radius 3 is 2.48 bits per heavy atom. The van der Waals surface area contributed by atoms with Gasteiger partial charge in [-0.3, -0.25) is 4.99 Å². The molecule has 23 heavy (non-hydrogen) atoms. The maximum Gasteiger partial charge on any atom is 0.387 e. The molecule has 0 unspecified atom stereocenters. The van der Waals surface area contributed by atoms with Crippen LogP contribution in [0.5, 0.6) is 5.75 Å². The fraction of sp³-hybridized carbons (Fsp3) is 0.562. The van der Waals surface area contributed by atoms with Gasteiger partial charge in [0.05, 0.1) is 0 Å². The van der Waals surface area contributed by atoms with Crippen molar-refractivity contribution in [3.63, 3.8) is 0 Å². The molecular weight excluding hydrogens is 415 g/mol. The molecule has 2 rings (SSSR count). The van der Waals surface area contributed by atoms with Crippen LogP contribution in [0.3, 0.4) is 0 Å². The van der Waals surface area contributed by atoms with Gasteiger partial charge in [-0.25, -0.2) is 0 Å². The van der Waals surface area contributed by atoms with Crippen LogP contribution in [-0.4, -0.2) is 37.1 Å². The minimum atomic E-state index is -2.81. The summed E-state index contributed by atoms with van der Waals surface area (Å²) in [6.45, 7) is -0.459. The second kappa shape index (κ2) is 10.6. The Morgan fingerprint density at radius 1 is 1.17 bits per heavy atom. The van der Waals surface area contributed by atoms with Gasteiger partial charge < -0.3 is 15.4 Å². The van der Waals surface area contributed by atoms with Gasteiger partial charge in [-0.2, -0.15) is 8.78 Å². The van der Waals surface area contributed by atoms with E-state index in [4.69, 9.17) is 5.73 Å². The monoisotopic (exact) mass is 439 g/mol. The van der Waals surface area contributed by atoms with Crippen molar-refractivity contribution in [3.05, 3.63) is 29.8 Å². The zero-order chi connectivity index (χ0) is 15.8. The molecule has 1 aromatic rings. The minimum absolute atomic E-state index is 0. The number of aliphatic imine (C=N–C) groups is 1. The topological polar surface area (TPSA) is 50.9 Å². The van der Waals surface area contributed by atoms with Crippen LogP contribution in [0.15, 0.2) is 29.3 Å². The summed E-state index contributed by atoms with van der Waals surface area (Å²) in [4.78, 5) is 6.49. The molecular formula is C16H24F2IN3O. The van der Waals surface area contributed by atoms with E-state index in [9.17, 15) is 8.78 Å². The van der Waals surface area contributed by atoms with E-state index >= 15 is 0 Å². The van der Waals surface area contributed by atoms with Crippen LogP contribution in [0.25, 0.3) is 0 Å². The van der Waals surface area contributed by atoms with Crippen LogP contribution < -0.4 is 10.5 Å². The Hall–Kier alpha value is -1.12. The van der Waals surface area contributed by atoms with Crippen molar-refractivity contribution >= 4 is 29.9 Å². The number of nitrogens with zero attached hydrogens (tertiary/aromatic N) is 2. The van der Waals surface area contributed by atoms with E-state index in [-0.39, 0.29) is 29.7 Å². The van der Waals surface area contributed by atoms with E-state index < -0.39 is 6.61 Å². The zero-order valence-corrected chi connectivity index (χ0v) is 15.4. The Bertz CT molecular complexity index is 492. The molecule has 1 aliphatic heterocycles. The molecule has 0 saturated carbocycles. The van der Waals surface area contributed by atoms with E-state index in [0.29, 0.717) is 18.9 Å². The van der Waals surface area contributed by atoms with Gasteiger partial charge in [0.2, 0.25) is 0 Å². The highest BCUT2D eigenvalue weighted by Gasteiger charge is 2.11. The van der Waals surface area contributed by atoms with Gasteiger partial charge in [-0.05, 0) is 30.9 Å². The van der Waals surface area contributed by atoms with Gasteiger partial charge in [-0.1, -0.05) is 31.0 Å². The number of guanidine groups is 1. The van der Waals surface area contributed by atoms with Crippen LogP contribution in [0.4, 0.5) is 8.78 Å². The Kier molecular flexibility index (Phi) is 9.20. The lowest BCUT2D eigenvalue weighted by Gasteiger charge is -2.21. The largest absolute Gasteiger partial charge is 0.435 e. The molecule has 0 atom stereocenters. The standard InChI is InChI=1S/C16H23F2N3O.HI/c17-15(18)22-14-8-4-3-7-13(14)9-10-20-16(19)21-11-5-1-2-6-12-21;/h3-4,7-8,15H,1-2,5-6,9-12H2,(H2,19,20);1H. The van der Waals surface area contributed by atoms with Crippen LogP contribution in [0.2, 0.25) is 0 Å². The van der Waals surface area contributed by atoms with E-state index in [1.807, 2.05) is 0 Å². The van der Waals surface area contributed by atoms with Crippen molar-refractivity contribution in [2.45, 2.75) is 38.7 Å². The lowest BCUT2D eigenvalue weighted by molar-refractivity contribution is -0.0504. The van der Waals surface area contributed by atoms with Gasteiger partial charge in [0, 0.05) is 19.6 Å². The highest BCUT2D eigenvalue weighted by atomic mass is 127. The first-order valence-corrected chi connectivity index (χ1v) is 7.74. The van der Waals surface area contributed by atoms with E-state index in [1.165, 1.54) is 12.8 Å². The fourth-order valence-electron chi connectivity index (χ4n) is 2.61. The molecule has 1 saturated heterocycles. The Morgan fingerprint density at radius 2 is 1.83 bits per heavy atom. The lowest BCUT2D eigenvalue weighted by Crippen LogP contribution is -2.38. The number of benzene rings is 1. The summed E-state index contributed by atoms with van der Waals surface area (Å²) in [7, 11) is 0. The molecule has 1 fully saturated rings.